The van der Waals surface area contributed by atoms with Crippen LogP contribution in [0.3, 0.4) is 0 Å². The highest BCUT2D eigenvalue weighted by Crippen LogP contribution is 2.14. The molecule has 0 aromatic carbocycles. The van der Waals surface area contributed by atoms with Crippen LogP contribution in [0.5, 0.6) is 0 Å². The molecule has 0 unspecified atom stereocenters. The van der Waals surface area contributed by atoms with E-state index in [0.29, 0.717) is 0 Å². The Balaban J connectivity index is 2.07. The molecule has 0 fully saturated rings. The van der Waals surface area contributed by atoms with Gasteiger partial charge in [0.15, 0.2) is 5.69 Å². The Labute approximate surface area is 102 Å². The number of hydrogen-bond donors (Lipinski definition) is 2. The van der Waals surface area contributed by atoms with Crippen LogP contribution in [0, 0.1) is 10.1 Å². The van der Waals surface area contributed by atoms with E-state index in [0.717, 1.165) is 5.69 Å². The van der Waals surface area contributed by atoms with Crippen LogP contribution in [0.4, 0.5) is 5.82 Å². The van der Waals surface area contributed by atoms with Crippen molar-refractivity contribution in [1.29, 1.82) is 0 Å². The first-order valence-electron chi connectivity index (χ1n) is 5.15. The van der Waals surface area contributed by atoms with Crippen molar-refractivity contribution in [2.45, 2.75) is 6.54 Å². The maximum Gasteiger partial charge on any atom is 0.323 e. The Morgan fingerprint density at radius 3 is 2.94 bits per heavy atom. The van der Waals surface area contributed by atoms with Crippen molar-refractivity contribution in [3.05, 3.63) is 46.2 Å². The van der Waals surface area contributed by atoms with Gasteiger partial charge in [-0.25, -0.2) is 9.55 Å². The standard InChI is InChI=1S/C10H11N5O3/c1-14-8(2-3-9(14)15(17)18)10(16)12-5-7-4-11-6-13-7/h2-4,6H,5H2,1H3,(H,11,13)(H,12,16). The molecule has 0 aliphatic carbocycles. The SMILES string of the molecule is Cn1c(C(=O)NCc2cnc[nH]2)ccc1[N+](=O)[O-]. The van der Waals surface area contributed by atoms with Crippen molar-refractivity contribution in [2.75, 3.05) is 0 Å². The van der Waals surface area contributed by atoms with Gasteiger partial charge in [-0.1, -0.05) is 0 Å². The minimum absolute atomic E-state index is 0.123. The number of nitro groups is 1. The van der Waals surface area contributed by atoms with Gasteiger partial charge in [0.1, 0.15) is 0 Å². The number of amides is 1. The highest BCUT2D eigenvalue weighted by atomic mass is 16.6. The number of H-pyrrole nitrogens is 1. The first-order valence-corrected chi connectivity index (χ1v) is 5.15. The van der Waals surface area contributed by atoms with Gasteiger partial charge in [-0.2, -0.15) is 0 Å². The van der Waals surface area contributed by atoms with Crippen molar-refractivity contribution in [2.24, 2.45) is 7.05 Å². The fourth-order valence-corrected chi connectivity index (χ4v) is 1.56. The minimum Gasteiger partial charge on any atom is -0.358 e. The van der Waals surface area contributed by atoms with E-state index in [1.54, 1.807) is 6.20 Å². The number of aromatic amines is 1. The van der Waals surface area contributed by atoms with Crippen LogP contribution in [-0.4, -0.2) is 25.4 Å². The molecule has 0 aliphatic rings. The highest BCUT2D eigenvalue weighted by Gasteiger charge is 2.20. The Morgan fingerprint density at radius 1 is 1.61 bits per heavy atom. The van der Waals surface area contributed by atoms with E-state index in [2.05, 4.69) is 15.3 Å². The van der Waals surface area contributed by atoms with Crippen LogP contribution in [0.2, 0.25) is 0 Å². The Bertz CT molecular complexity index is 572. The summed E-state index contributed by atoms with van der Waals surface area (Å²) in [6.45, 7) is 0.289. The molecule has 0 bridgehead atoms. The van der Waals surface area contributed by atoms with E-state index < -0.39 is 4.92 Å². The number of nitrogens with zero attached hydrogens (tertiary/aromatic N) is 3. The van der Waals surface area contributed by atoms with Crippen LogP contribution >= 0.6 is 0 Å². The van der Waals surface area contributed by atoms with Gasteiger partial charge in [0.05, 0.1) is 25.6 Å². The first kappa shape index (κ1) is 11.8. The molecule has 8 heteroatoms. The van der Waals surface area contributed by atoms with Crippen molar-refractivity contribution < 1.29 is 9.72 Å². The third-order valence-electron chi connectivity index (χ3n) is 2.51. The molecule has 2 heterocycles. The zero-order valence-corrected chi connectivity index (χ0v) is 9.58. The molecule has 1 amide bonds. The van der Waals surface area contributed by atoms with E-state index >= 15 is 0 Å². The Morgan fingerprint density at radius 2 is 2.39 bits per heavy atom. The third-order valence-corrected chi connectivity index (χ3v) is 2.51. The van der Waals surface area contributed by atoms with Gasteiger partial charge < -0.3 is 20.4 Å². The second kappa shape index (κ2) is 4.70. The Hall–Kier alpha value is -2.64. The summed E-state index contributed by atoms with van der Waals surface area (Å²) in [5, 5.41) is 13.3. The topological polar surface area (TPSA) is 106 Å². The van der Waals surface area contributed by atoms with Crippen LogP contribution < -0.4 is 5.32 Å². The molecule has 2 aromatic heterocycles. The van der Waals surface area contributed by atoms with Gasteiger partial charge in [-0.3, -0.25) is 4.79 Å². The zero-order valence-electron chi connectivity index (χ0n) is 9.58. The molecule has 0 radical (unpaired) electrons. The highest BCUT2D eigenvalue weighted by molar-refractivity contribution is 5.93. The van der Waals surface area contributed by atoms with Gasteiger partial charge in [0, 0.05) is 12.3 Å². The van der Waals surface area contributed by atoms with Crippen LogP contribution in [0.25, 0.3) is 0 Å². The molecule has 2 N–H and O–H groups in total. The van der Waals surface area contributed by atoms with E-state index in [9.17, 15) is 14.9 Å². The number of nitrogens with one attached hydrogen (secondary N) is 2. The lowest BCUT2D eigenvalue weighted by Crippen LogP contribution is -2.25. The summed E-state index contributed by atoms with van der Waals surface area (Å²) >= 11 is 0. The normalized spacial score (nSPS) is 10.3. The summed E-state index contributed by atoms with van der Waals surface area (Å²) in [5.41, 5.74) is 0.994. The Kier molecular flexibility index (Phi) is 3.09. The van der Waals surface area contributed by atoms with E-state index in [-0.39, 0.29) is 24.0 Å². The van der Waals surface area contributed by atoms with Gasteiger partial charge in [-0.05, 0) is 11.0 Å². The zero-order chi connectivity index (χ0) is 13.1. The molecule has 2 rings (SSSR count). The van der Waals surface area contributed by atoms with Gasteiger partial charge in [0.25, 0.3) is 5.91 Å². The molecule has 0 atom stereocenters. The van der Waals surface area contributed by atoms with Crippen LogP contribution in [-0.2, 0) is 13.6 Å². The largest absolute Gasteiger partial charge is 0.358 e. The monoisotopic (exact) mass is 249 g/mol. The summed E-state index contributed by atoms with van der Waals surface area (Å²) < 4.78 is 1.24. The predicted octanol–water partition coefficient (Wildman–Crippen LogP) is 0.586. The molecule has 18 heavy (non-hydrogen) atoms. The van der Waals surface area contributed by atoms with Gasteiger partial charge >= 0.3 is 5.82 Å². The second-order valence-corrected chi connectivity index (χ2v) is 3.65. The van der Waals surface area contributed by atoms with E-state index in [1.807, 2.05) is 0 Å². The van der Waals surface area contributed by atoms with Crippen LogP contribution in [0.15, 0.2) is 24.7 Å². The lowest BCUT2D eigenvalue weighted by Gasteiger charge is -2.02. The van der Waals surface area contributed by atoms with Crippen molar-refractivity contribution >= 4 is 11.7 Å². The van der Waals surface area contributed by atoms with Crippen molar-refractivity contribution in [1.82, 2.24) is 19.9 Å². The lowest BCUT2D eigenvalue weighted by molar-refractivity contribution is -0.391. The average Bonchev–Trinajstić information content (AvgIpc) is 2.94. The third kappa shape index (κ3) is 2.21. The molecule has 94 valence electrons. The maximum atomic E-state index is 11.8. The average molecular weight is 249 g/mol. The molecular formula is C10H11N5O3. The smallest absolute Gasteiger partial charge is 0.323 e. The van der Waals surface area contributed by atoms with Crippen LogP contribution in [0.1, 0.15) is 16.2 Å². The first-order chi connectivity index (χ1) is 8.59. The van der Waals surface area contributed by atoms with Gasteiger partial charge in [-0.15, -0.1) is 0 Å². The number of rotatable bonds is 4. The lowest BCUT2D eigenvalue weighted by atomic mass is 10.4. The molecule has 0 saturated heterocycles. The summed E-state index contributed by atoms with van der Waals surface area (Å²) in [7, 11) is 1.48. The molecule has 0 saturated carbocycles. The van der Waals surface area contributed by atoms with Crippen molar-refractivity contribution in [3.8, 4) is 0 Å². The summed E-state index contributed by atoms with van der Waals surface area (Å²) in [6, 6.07) is 2.71. The minimum atomic E-state index is -0.536. The maximum absolute atomic E-state index is 11.8. The fourth-order valence-electron chi connectivity index (χ4n) is 1.56. The predicted molar refractivity (Wildman–Crippen MR) is 61.8 cm³/mol. The fraction of sp³-hybridized carbons (Fsp3) is 0.200. The van der Waals surface area contributed by atoms with Gasteiger partial charge in [0.2, 0.25) is 0 Å². The van der Waals surface area contributed by atoms with Crippen molar-refractivity contribution in [3.63, 3.8) is 0 Å². The summed E-state index contributed by atoms with van der Waals surface area (Å²) in [4.78, 5) is 28.6. The second-order valence-electron chi connectivity index (χ2n) is 3.65. The molecule has 0 aliphatic heterocycles. The number of imidazole rings is 1. The number of aromatic nitrogens is 3. The molecular weight excluding hydrogens is 238 g/mol. The molecule has 8 nitrogen and oxygen atoms in total. The number of carbonyl (C=O) groups excluding carboxylic acids is 1. The summed E-state index contributed by atoms with van der Waals surface area (Å²) in [5.74, 6) is -0.498. The molecule has 0 spiro atoms. The van der Waals surface area contributed by atoms with E-state index in [4.69, 9.17) is 0 Å². The number of carbonyl (C=O) groups is 1. The van der Waals surface area contributed by atoms with E-state index in [1.165, 1.54) is 30.1 Å². The molecule has 2 aromatic rings. The summed E-state index contributed by atoms with van der Waals surface area (Å²) in [6.07, 6.45) is 3.10. The quantitative estimate of drug-likeness (QED) is 0.610. The number of hydrogen-bond acceptors (Lipinski definition) is 4.